The van der Waals surface area contributed by atoms with Crippen LogP contribution < -0.4 is 10.5 Å². The van der Waals surface area contributed by atoms with Gasteiger partial charge in [0, 0.05) is 37.9 Å². The molecule has 2 aromatic heterocycles. The van der Waals surface area contributed by atoms with E-state index < -0.39 is 6.10 Å². The van der Waals surface area contributed by atoms with Gasteiger partial charge in [0.05, 0.1) is 12.2 Å². The number of benzene rings is 1. The maximum atomic E-state index is 12.9. The molecule has 2 N–H and O–H groups in total. The molecule has 4 rings (SSSR count). The first-order valence-corrected chi connectivity index (χ1v) is 9.96. The van der Waals surface area contributed by atoms with Gasteiger partial charge in [-0.15, -0.1) is 0 Å². The number of likely N-dealkylation sites (tertiary alicyclic amines) is 1. The molecule has 152 valence electrons. The van der Waals surface area contributed by atoms with Crippen LogP contribution in [0.2, 0.25) is 0 Å². The van der Waals surface area contributed by atoms with Crippen LogP contribution in [0.3, 0.4) is 0 Å². The van der Waals surface area contributed by atoms with Gasteiger partial charge in [-0.1, -0.05) is 17.7 Å². The Labute approximate surface area is 169 Å². The normalized spacial score (nSPS) is 17.6. The third-order valence-electron chi connectivity index (χ3n) is 5.30. The lowest BCUT2D eigenvalue weighted by Crippen LogP contribution is -2.39. The number of fused-ring (bicyclic) bond motifs is 1. The van der Waals surface area contributed by atoms with Crippen LogP contribution in [0, 0.1) is 6.92 Å². The summed E-state index contributed by atoms with van der Waals surface area (Å²) in [6.45, 7) is 6.17. The van der Waals surface area contributed by atoms with Crippen LogP contribution in [0.1, 0.15) is 30.5 Å². The van der Waals surface area contributed by atoms with Crippen molar-refractivity contribution in [2.24, 2.45) is 5.73 Å². The molecule has 2 atom stereocenters. The van der Waals surface area contributed by atoms with E-state index in [-0.39, 0.29) is 11.8 Å². The van der Waals surface area contributed by atoms with E-state index in [0.29, 0.717) is 31.9 Å². The summed E-state index contributed by atoms with van der Waals surface area (Å²) in [5.74, 6) is 0.822. The number of hydrogen-bond donors (Lipinski definition) is 1. The van der Waals surface area contributed by atoms with E-state index in [1.54, 1.807) is 19.3 Å². The van der Waals surface area contributed by atoms with Crippen molar-refractivity contribution < 1.29 is 9.53 Å². The maximum absolute atomic E-state index is 12.9. The first-order valence-electron chi connectivity index (χ1n) is 9.96. The SMILES string of the molecule is Cc1ccc(O[C@H](C)C(=O)N2CC[C@H](c3nn(CCN)c4nccnc34)C2)cc1. The van der Waals surface area contributed by atoms with Crippen molar-refractivity contribution in [1.29, 1.82) is 0 Å². The molecule has 8 nitrogen and oxygen atoms in total. The fourth-order valence-electron chi connectivity index (χ4n) is 3.79. The number of carbonyl (C=O) groups is 1. The van der Waals surface area contributed by atoms with E-state index in [4.69, 9.17) is 15.6 Å². The highest BCUT2D eigenvalue weighted by Crippen LogP contribution is 2.30. The lowest BCUT2D eigenvalue weighted by Gasteiger charge is -2.21. The minimum absolute atomic E-state index is 0.00939. The van der Waals surface area contributed by atoms with Crippen molar-refractivity contribution in [3.05, 3.63) is 47.9 Å². The minimum Gasteiger partial charge on any atom is -0.481 e. The van der Waals surface area contributed by atoms with E-state index in [1.165, 1.54) is 0 Å². The molecule has 1 aliphatic heterocycles. The van der Waals surface area contributed by atoms with Crippen molar-refractivity contribution in [3.8, 4) is 5.75 Å². The smallest absolute Gasteiger partial charge is 0.263 e. The third kappa shape index (κ3) is 3.93. The van der Waals surface area contributed by atoms with Crippen LogP contribution in [0.4, 0.5) is 0 Å². The Morgan fingerprint density at radius 3 is 2.79 bits per heavy atom. The molecule has 3 heterocycles. The second-order valence-electron chi connectivity index (χ2n) is 7.47. The van der Waals surface area contributed by atoms with Gasteiger partial charge in [-0.2, -0.15) is 5.10 Å². The van der Waals surface area contributed by atoms with Crippen molar-refractivity contribution in [1.82, 2.24) is 24.6 Å². The molecule has 1 aromatic carbocycles. The Morgan fingerprint density at radius 1 is 1.28 bits per heavy atom. The zero-order valence-corrected chi connectivity index (χ0v) is 16.8. The summed E-state index contributed by atoms with van der Waals surface area (Å²) in [4.78, 5) is 23.6. The summed E-state index contributed by atoms with van der Waals surface area (Å²) in [7, 11) is 0. The molecule has 0 bridgehead atoms. The van der Waals surface area contributed by atoms with E-state index in [1.807, 2.05) is 40.8 Å². The quantitative estimate of drug-likeness (QED) is 0.685. The molecule has 8 heteroatoms. The highest BCUT2D eigenvalue weighted by molar-refractivity contribution is 5.81. The van der Waals surface area contributed by atoms with E-state index in [2.05, 4.69) is 9.97 Å². The second kappa shape index (κ2) is 8.16. The molecule has 3 aromatic rings. The summed E-state index contributed by atoms with van der Waals surface area (Å²) in [5.41, 5.74) is 9.29. The van der Waals surface area contributed by atoms with Gasteiger partial charge in [-0.05, 0) is 32.4 Å². The van der Waals surface area contributed by atoms with Crippen molar-refractivity contribution in [3.63, 3.8) is 0 Å². The average molecular weight is 394 g/mol. The van der Waals surface area contributed by atoms with Gasteiger partial charge in [0.25, 0.3) is 5.91 Å². The Hall–Kier alpha value is -3.00. The summed E-state index contributed by atoms with van der Waals surface area (Å²) in [6.07, 6.45) is 3.64. The first-order chi connectivity index (χ1) is 14.1. The van der Waals surface area contributed by atoms with Gasteiger partial charge in [0.1, 0.15) is 11.3 Å². The molecule has 1 amide bonds. The number of aryl methyl sites for hydroxylation is 1. The minimum atomic E-state index is -0.539. The Kier molecular flexibility index (Phi) is 5.44. The molecule has 1 aliphatic rings. The molecule has 0 radical (unpaired) electrons. The fourth-order valence-corrected chi connectivity index (χ4v) is 3.79. The lowest BCUT2D eigenvalue weighted by molar-refractivity contribution is -0.136. The van der Waals surface area contributed by atoms with Crippen LogP contribution >= 0.6 is 0 Å². The lowest BCUT2D eigenvalue weighted by atomic mass is 10.0. The fraction of sp³-hybridized carbons (Fsp3) is 0.429. The number of ether oxygens (including phenoxy) is 1. The number of rotatable bonds is 6. The van der Waals surface area contributed by atoms with Crippen molar-refractivity contribution >= 4 is 17.1 Å². The largest absolute Gasteiger partial charge is 0.481 e. The standard InChI is InChI=1S/C21H26N6O2/c1-14-3-5-17(6-4-14)29-15(2)21(28)26-11-7-16(13-26)18-19-20(24-10-9-23-19)27(25-18)12-8-22/h3-6,9-10,15-16H,7-8,11-13,22H2,1-2H3/t15-,16+/m1/s1. The second-order valence-corrected chi connectivity index (χ2v) is 7.47. The number of aromatic nitrogens is 4. The molecule has 1 fully saturated rings. The molecule has 0 aliphatic carbocycles. The van der Waals surface area contributed by atoms with Crippen LogP contribution in [-0.2, 0) is 11.3 Å². The van der Waals surface area contributed by atoms with Crippen LogP contribution in [0.25, 0.3) is 11.2 Å². The number of nitrogens with two attached hydrogens (primary N) is 1. The van der Waals surface area contributed by atoms with E-state index in [9.17, 15) is 4.79 Å². The Bertz CT molecular complexity index is 1000. The Balaban J connectivity index is 1.47. The van der Waals surface area contributed by atoms with Gasteiger partial charge in [0.15, 0.2) is 11.8 Å². The predicted molar refractivity (Wildman–Crippen MR) is 110 cm³/mol. The summed E-state index contributed by atoms with van der Waals surface area (Å²) < 4.78 is 7.65. The number of hydrogen-bond acceptors (Lipinski definition) is 6. The monoisotopic (exact) mass is 394 g/mol. The molecule has 0 unspecified atom stereocenters. The van der Waals surface area contributed by atoms with Crippen molar-refractivity contribution in [2.75, 3.05) is 19.6 Å². The summed E-state index contributed by atoms with van der Waals surface area (Å²) in [5, 5.41) is 4.72. The number of nitrogens with zero attached hydrogens (tertiary/aromatic N) is 5. The van der Waals surface area contributed by atoms with Gasteiger partial charge >= 0.3 is 0 Å². The highest BCUT2D eigenvalue weighted by atomic mass is 16.5. The van der Waals surface area contributed by atoms with E-state index in [0.717, 1.165) is 28.8 Å². The average Bonchev–Trinajstić information content (AvgIpc) is 3.35. The van der Waals surface area contributed by atoms with Crippen molar-refractivity contribution in [2.45, 2.75) is 38.8 Å². The molecular weight excluding hydrogens is 368 g/mol. The molecule has 29 heavy (non-hydrogen) atoms. The molecule has 0 saturated carbocycles. The maximum Gasteiger partial charge on any atom is 0.263 e. The zero-order chi connectivity index (χ0) is 20.4. The van der Waals surface area contributed by atoms with Crippen LogP contribution in [0.15, 0.2) is 36.7 Å². The predicted octanol–water partition coefficient (Wildman–Crippen LogP) is 1.88. The topological polar surface area (TPSA) is 99.2 Å². The number of amides is 1. The van der Waals surface area contributed by atoms with Gasteiger partial charge in [-0.3, -0.25) is 4.79 Å². The third-order valence-corrected chi connectivity index (χ3v) is 5.30. The van der Waals surface area contributed by atoms with Gasteiger partial charge in [-0.25, -0.2) is 14.6 Å². The summed E-state index contributed by atoms with van der Waals surface area (Å²) in [6, 6.07) is 7.73. The van der Waals surface area contributed by atoms with Crippen LogP contribution in [-0.4, -0.2) is 56.3 Å². The first kappa shape index (κ1) is 19.3. The molecule has 0 spiro atoms. The number of carbonyl (C=O) groups excluding carboxylic acids is 1. The van der Waals surface area contributed by atoms with Gasteiger partial charge < -0.3 is 15.4 Å². The van der Waals surface area contributed by atoms with Gasteiger partial charge in [0.2, 0.25) is 0 Å². The highest BCUT2D eigenvalue weighted by Gasteiger charge is 2.33. The Morgan fingerprint density at radius 2 is 2.03 bits per heavy atom. The zero-order valence-electron chi connectivity index (χ0n) is 16.8. The molecular formula is C21H26N6O2. The molecule has 1 saturated heterocycles. The van der Waals surface area contributed by atoms with Crippen LogP contribution in [0.5, 0.6) is 5.75 Å². The summed E-state index contributed by atoms with van der Waals surface area (Å²) >= 11 is 0. The van der Waals surface area contributed by atoms with E-state index >= 15 is 0 Å².